The van der Waals surface area contributed by atoms with E-state index in [1.807, 2.05) is 0 Å². The van der Waals surface area contributed by atoms with Crippen LogP contribution in [0.1, 0.15) is 26.7 Å². The molecule has 0 unspecified atom stereocenters. The lowest BCUT2D eigenvalue weighted by atomic mass is 10.1. The molecule has 4 aromatic rings. The molecule has 0 spiro atoms. The molecule has 6 rings (SSSR count). The van der Waals surface area contributed by atoms with Gasteiger partial charge in [0.1, 0.15) is 11.3 Å². The van der Waals surface area contributed by atoms with Gasteiger partial charge in [-0.15, -0.1) is 11.3 Å². The minimum Gasteiger partial charge on any atom is -0.366 e. The van der Waals surface area contributed by atoms with E-state index in [4.69, 9.17) is 9.97 Å². The van der Waals surface area contributed by atoms with E-state index in [1.165, 1.54) is 23.1 Å². The van der Waals surface area contributed by atoms with E-state index in [9.17, 15) is 0 Å². The highest BCUT2D eigenvalue weighted by Gasteiger charge is 2.25. The quantitative estimate of drug-likeness (QED) is 0.554. The van der Waals surface area contributed by atoms with Crippen LogP contribution in [0.25, 0.3) is 26.9 Å². The number of fused-ring (bicyclic) bond motifs is 5. The Hall–Kier alpha value is -2.38. The van der Waals surface area contributed by atoms with Crippen molar-refractivity contribution in [3.63, 3.8) is 0 Å². The second kappa shape index (κ2) is 6.06. The molecule has 2 atom stereocenters. The molecule has 6 nitrogen and oxygen atoms in total. The number of rotatable bonds is 3. The Morgan fingerprint density at radius 1 is 1.07 bits per heavy atom. The van der Waals surface area contributed by atoms with Crippen molar-refractivity contribution in [2.75, 3.05) is 23.3 Å². The third-order valence-corrected chi connectivity index (χ3v) is 6.60. The van der Waals surface area contributed by atoms with Crippen LogP contribution < -0.4 is 15.5 Å². The lowest BCUT2D eigenvalue weighted by Crippen LogP contribution is -2.54. The first-order valence-corrected chi connectivity index (χ1v) is 11.0. The first-order valence-electron chi connectivity index (χ1n) is 10.1. The lowest BCUT2D eigenvalue weighted by Gasteiger charge is -2.36. The highest BCUT2D eigenvalue weighted by atomic mass is 32.1. The molecule has 0 radical (unpaired) electrons. The van der Waals surface area contributed by atoms with Gasteiger partial charge in [-0.3, -0.25) is 4.40 Å². The van der Waals surface area contributed by atoms with E-state index in [2.05, 4.69) is 63.4 Å². The molecule has 0 aromatic carbocycles. The molecule has 1 saturated carbocycles. The fourth-order valence-electron chi connectivity index (χ4n) is 4.41. The van der Waals surface area contributed by atoms with Crippen LogP contribution in [0.4, 0.5) is 11.6 Å². The summed E-state index contributed by atoms with van der Waals surface area (Å²) in [6.07, 6.45) is 2.47. The van der Waals surface area contributed by atoms with Gasteiger partial charge < -0.3 is 15.5 Å². The van der Waals surface area contributed by atoms with Crippen LogP contribution in [0.3, 0.4) is 0 Å². The summed E-state index contributed by atoms with van der Waals surface area (Å²) in [7, 11) is 0. The van der Waals surface area contributed by atoms with E-state index < -0.39 is 0 Å². The standard InChI is InChI=1S/C21H24N6S/c1-12-10-26(11-13(2)22-12)19-6-5-15-21(25-19)27-16-7-8-28-18(16)9-17(27)20(24-15)23-14-3-4-14/h5-9,12-14,22H,3-4,10-11H2,1-2H3,(H,23,24)/t12-,13+. The third kappa shape index (κ3) is 2.64. The van der Waals surface area contributed by atoms with E-state index in [1.54, 1.807) is 11.3 Å². The van der Waals surface area contributed by atoms with Crippen LogP contribution in [-0.2, 0) is 0 Å². The molecular formula is C21H24N6S. The van der Waals surface area contributed by atoms with Crippen LogP contribution in [0, 0.1) is 0 Å². The van der Waals surface area contributed by atoms with Gasteiger partial charge in [0.25, 0.3) is 0 Å². The molecular weight excluding hydrogens is 368 g/mol. The number of hydrogen-bond donors (Lipinski definition) is 2. The average molecular weight is 393 g/mol. The van der Waals surface area contributed by atoms with E-state index in [0.717, 1.165) is 41.4 Å². The summed E-state index contributed by atoms with van der Waals surface area (Å²) in [6, 6.07) is 10.2. The number of aromatic nitrogens is 3. The van der Waals surface area contributed by atoms with Gasteiger partial charge in [-0.05, 0) is 56.3 Å². The van der Waals surface area contributed by atoms with Gasteiger partial charge >= 0.3 is 0 Å². The highest BCUT2D eigenvalue weighted by Crippen LogP contribution is 2.34. The molecule has 144 valence electrons. The van der Waals surface area contributed by atoms with Crippen LogP contribution in [0.5, 0.6) is 0 Å². The molecule has 0 amide bonds. The zero-order valence-corrected chi connectivity index (χ0v) is 17.0. The Kier molecular flexibility index (Phi) is 3.58. The molecule has 2 aliphatic rings. The molecule has 2 fully saturated rings. The second-order valence-electron chi connectivity index (χ2n) is 8.30. The number of piperazine rings is 1. The summed E-state index contributed by atoms with van der Waals surface area (Å²) in [5.41, 5.74) is 4.24. The first kappa shape index (κ1) is 16.6. The van der Waals surface area contributed by atoms with Crippen molar-refractivity contribution in [3.8, 4) is 0 Å². The summed E-state index contributed by atoms with van der Waals surface area (Å²) in [4.78, 5) is 12.5. The van der Waals surface area contributed by atoms with E-state index >= 15 is 0 Å². The summed E-state index contributed by atoms with van der Waals surface area (Å²) in [5, 5.41) is 9.37. The molecule has 2 N–H and O–H groups in total. The van der Waals surface area contributed by atoms with Gasteiger partial charge in [0.05, 0.1) is 15.7 Å². The predicted molar refractivity (Wildman–Crippen MR) is 117 cm³/mol. The van der Waals surface area contributed by atoms with Crippen molar-refractivity contribution in [3.05, 3.63) is 29.6 Å². The molecule has 5 heterocycles. The Morgan fingerprint density at radius 2 is 1.89 bits per heavy atom. The minimum absolute atomic E-state index is 0.458. The topological polar surface area (TPSA) is 57.5 Å². The Morgan fingerprint density at radius 3 is 2.68 bits per heavy atom. The van der Waals surface area contributed by atoms with Gasteiger partial charge in [0.15, 0.2) is 11.5 Å². The minimum atomic E-state index is 0.458. The van der Waals surface area contributed by atoms with Crippen molar-refractivity contribution in [2.45, 2.75) is 44.8 Å². The Labute approximate surface area is 167 Å². The number of pyridine rings is 1. The van der Waals surface area contributed by atoms with E-state index in [-0.39, 0.29) is 0 Å². The molecule has 28 heavy (non-hydrogen) atoms. The van der Waals surface area contributed by atoms with Crippen molar-refractivity contribution < 1.29 is 0 Å². The molecule has 4 aromatic heterocycles. The number of anilines is 2. The molecule has 1 aliphatic heterocycles. The predicted octanol–water partition coefficient (Wildman–Crippen LogP) is 3.86. The summed E-state index contributed by atoms with van der Waals surface area (Å²) < 4.78 is 3.57. The molecule has 7 heteroatoms. The number of thiophene rings is 1. The summed E-state index contributed by atoms with van der Waals surface area (Å²) in [5.74, 6) is 2.02. The first-order chi connectivity index (χ1) is 13.7. The maximum Gasteiger partial charge on any atom is 0.166 e. The fourth-order valence-corrected chi connectivity index (χ4v) is 5.21. The largest absolute Gasteiger partial charge is 0.366 e. The maximum atomic E-state index is 5.11. The van der Waals surface area contributed by atoms with Crippen molar-refractivity contribution in [1.82, 2.24) is 19.7 Å². The normalized spacial score (nSPS) is 23.1. The Bertz CT molecular complexity index is 1180. The third-order valence-electron chi connectivity index (χ3n) is 5.75. The van der Waals surface area contributed by atoms with Crippen molar-refractivity contribution in [2.24, 2.45) is 0 Å². The van der Waals surface area contributed by atoms with Crippen LogP contribution in [0.15, 0.2) is 29.6 Å². The van der Waals surface area contributed by atoms with Gasteiger partial charge in [-0.2, -0.15) is 0 Å². The lowest BCUT2D eigenvalue weighted by molar-refractivity contribution is 0.405. The van der Waals surface area contributed by atoms with Gasteiger partial charge in [-0.1, -0.05) is 0 Å². The maximum absolute atomic E-state index is 5.11. The molecule has 1 aliphatic carbocycles. The summed E-state index contributed by atoms with van der Waals surface area (Å²) >= 11 is 1.77. The smallest absolute Gasteiger partial charge is 0.166 e. The average Bonchev–Trinajstić information content (AvgIpc) is 3.22. The zero-order valence-electron chi connectivity index (χ0n) is 16.1. The Balaban J connectivity index is 1.56. The van der Waals surface area contributed by atoms with Gasteiger partial charge in [0, 0.05) is 31.2 Å². The fraction of sp³-hybridized carbons (Fsp3) is 0.429. The molecule has 0 bridgehead atoms. The SMILES string of the molecule is C[C@@H]1CN(c2ccc3nc(NC4CC4)c4cc5sccc5n4c3n2)C[C@H](C)N1. The van der Waals surface area contributed by atoms with Crippen LogP contribution >= 0.6 is 11.3 Å². The number of nitrogens with one attached hydrogen (secondary N) is 2. The van der Waals surface area contributed by atoms with Gasteiger partial charge in [-0.25, -0.2) is 9.97 Å². The second-order valence-corrected chi connectivity index (χ2v) is 9.25. The van der Waals surface area contributed by atoms with Gasteiger partial charge in [0.2, 0.25) is 0 Å². The summed E-state index contributed by atoms with van der Waals surface area (Å²) in [6.45, 7) is 6.42. The van der Waals surface area contributed by atoms with Crippen molar-refractivity contribution in [1.29, 1.82) is 0 Å². The van der Waals surface area contributed by atoms with E-state index in [0.29, 0.717) is 18.1 Å². The number of nitrogens with zero attached hydrogens (tertiary/aromatic N) is 4. The van der Waals surface area contributed by atoms with Crippen LogP contribution in [0.2, 0.25) is 0 Å². The molecule has 1 saturated heterocycles. The van der Waals surface area contributed by atoms with Crippen molar-refractivity contribution >= 4 is 49.9 Å². The highest BCUT2D eigenvalue weighted by molar-refractivity contribution is 7.17. The van der Waals surface area contributed by atoms with Crippen LogP contribution in [-0.4, -0.2) is 45.6 Å². The number of hydrogen-bond acceptors (Lipinski definition) is 6. The zero-order chi connectivity index (χ0) is 18.8. The monoisotopic (exact) mass is 392 g/mol.